The molecule has 0 fully saturated rings. The molecule has 28 heavy (non-hydrogen) atoms. The highest BCUT2D eigenvalue weighted by Crippen LogP contribution is 2.25. The van der Waals surface area contributed by atoms with Crippen molar-refractivity contribution in [2.75, 3.05) is 19.3 Å². The highest BCUT2D eigenvalue weighted by atomic mass is 35.5. The molecule has 152 valence electrons. The van der Waals surface area contributed by atoms with E-state index in [1.54, 1.807) is 0 Å². The van der Waals surface area contributed by atoms with E-state index >= 15 is 0 Å². The SMILES string of the molecule is CCCCCCn1c(SCC(=O)NCC(=O)NC)nnc1-c1ccc(Cl)cc1. The molecular formula is C19H26ClN5O2S. The number of thioether (sulfide) groups is 1. The van der Waals surface area contributed by atoms with Gasteiger partial charge >= 0.3 is 0 Å². The van der Waals surface area contributed by atoms with Crippen LogP contribution in [0, 0.1) is 0 Å². The third-order valence-corrected chi connectivity index (χ3v) is 5.33. The summed E-state index contributed by atoms with van der Waals surface area (Å²) >= 11 is 7.31. The lowest BCUT2D eigenvalue weighted by atomic mass is 10.2. The molecule has 0 aliphatic heterocycles. The lowest BCUT2D eigenvalue weighted by molar-refractivity contribution is -0.124. The van der Waals surface area contributed by atoms with Gasteiger partial charge in [0.1, 0.15) is 0 Å². The molecule has 2 amide bonds. The Hall–Kier alpha value is -2.06. The van der Waals surface area contributed by atoms with Gasteiger partial charge in [-0.25, -0.2) is 0 Å². The normalized spacial score (nSPS) is 10.7. The van der Waals surface area contributed by atoms with Gasteiger partial charge in [-0.05, 0) is 30.7 Å². The molecule has 0 bridgehead atoms. The van der Waals surface area contributed by atoms with Gasteiger partial charge in [0.05, 0.1) is 12.3 Å². The van der Waals surface area contributed by atoms with Crippen LogP contribution in [0.3, 0.4) is 0 Å². The molecule has 0 aliphatic rings. The highest BCUT2D eigenvalue weighted by Gasteiger charge is 2.16. The Balaban J connectivity index is 2.08. The van der Waals surface area contributed by atoms with Crippen molar-refractivity contribution in [1.29, 1.82) is 0 Å². The van der Waals surface area contributed by atoms with Gasteiger partial charge in [-0.3, -0.25) is 9.59 Å². The van der Waals surface area contributed by atoms with Crippen LogP contribution in [0.4, 0.5) is 0 Å². The minimum atomic E-state index is -0.234. The zero-order valence-corrected chi connectivity index (χ0v) is 17.8. The highest BCUT2D eigenvalue weighted by molar-refractivity contribution is 7.99. The second-order valence-electron chi connectivity index (χ2n) is 6.26. The largest absolute Gasteiger partial charge is 0.358 e. The summed E-state index contributed by atoms with van der Waals surface area (Å²) in [5, 5.41) is 15.0. The van der Waals surface area contributed by atoms with Gasteiger partial charge in [0.2, 0.25) is 11.8 Å². The van der Waals surface area contributed by atoms with Gasteiger partial charge in [-0.1, -0.05) is 49.5 Å². The van der Waals surface area contributed by atoms with E-state index in [2.05, 4.69) is 32.3 Å². The van der Waals surface area contributed by atoms with E-state index in [-0.39, 0.29) is 24.1 Å². The minimum Gasteiger partial charge on any atom is -0.358 e. The van der Waals surface area contributed by atoms with Crippen LogP contribution in [0.2, 0.25) is 5.02 Å². The first kappa shape index (κ1) is 22.2. The minimum absolute atomic E-state index is 0.0321. The van der Waals surface area contributed by atoms with Crippen molar-refractivity contribution in [2.45, 2.75) is 44.3 Å². The van der Waals surface area contributed by atoms with E-state index in [0.717, 1.165) is 30.8 Å². The number of nitrogens with one attached hydrogen (secondary N) is 2. The predicted molar refractivity (Wildman–Crippen MR) is 112 cm³/mol. The Bertz CT molecular complexity index is 779. The number of hydrogen-bond acceptors (Lipinski definition) is 5. The predicted octanol–water partition coefficient (Wildman–Crippen LogP) is 3.13. The summed E-state index contributed by atoms with van der Waals surface area (Å²) in [7, 11) is 1.53. The molecule has 0 atom stereocenters. The van der Waals surface area contributed by atoms with E-state index in [0.29, 0.717) is 10.2 Å². The molecule has 1 aromatic heterocycles. The summed E-state index contributed by atoms with van der Waals surface area (Å²) in [5.41, 5.74) is 0.934. The summed E-state index contributed by atoms with van der Waals surface area (Å²) in [6.07, 6.45) is 4.50. The molecule has 0 saturated carbocycles. The van der Waals surface area contributed by atoms with Crippen LogP contribution in [0.15, 0.2) is 29.4 Å². The Morgan fingerprint density at radius 2 is 1.86 bits per heavy atom. The fourth-order valence-corrected chi connectivity index (χ4v) is 3.48. The number of halogens is 1. The summed E-state index contributed by atoms with van der Waals surface area (Å²) in [5.74, 6) is 0.483. The summed E-state index contributed by atoms with van der Waals surface area (Å²) in [6.45, 7) is 2.93. The second kappa shape index (κ2) is 11.7. The number of nitrogens with zero attached hydrogens (tertiary/aromatic N) is 3. The zero-order valence-electron chi connectivity index (χ0n) is 16.2. The Labute approximate surface area is 174 Å². The number of benzene rings is 1. The molecule has 1 aromatic carbocycles. The van der Waals surface area contributed by atoms with E-state index in [9.17, 15) is 9.59 Å². The van der Waals surface area contributed by atoms with E-state index in [1.807, 2.05) is 24.3 Å². The van der Waals surface area contributed by atoms with Crippen molar-refractivity contribution >= 4 is 35.2 Å². The summed E-state index contributed by atoms with van der Waals surface area (Å²) in [6, 6.07) is 7.48. The maximum absolute atomic E-state index is 12.0. The van der Waals surface area contributed by atoms with Crippen molar-refractivity contribution in [3.8, 4) is 11.4 Å². The Morgan fingerprint density at radius 3 is 2.54 bits per heavy atom. The average Bonchev–Trinajstić information content (AvgIpc) is 3.11. The molecule has 0 spiro atoms. The van der Waals surface area contributed by atoms with Crippen LogP contribution >= 0.6 is 23.4 Å². The van der Waals surface area contributed by atoms with Gasteiger partial charge in [0.25, 0.3) is 0 Å². The van der Waals surface area contributed by atoms with E-state index < -0.39 is 0 Å². The molecule has 2 N–H and O–H groups in total. The molecule has 7 nitrogen and oxygen atoms in total. The number of rotatable bonds is 11. The number of hydrogen-bond donors (Lipinski definition) is 2. The molecular weight excluding hydrogens is 398 g/mol. The third-order valence-electron chi connectivity index (χ3n) is 4.11. The Kier molecular flexibility index (Phi) is 9.30. The first-order valence-corrected chi connectivity index (χ1v) is 10.7. The second-order valence-corrected chi connectivity index (χ2v) is 7.64. The van der Waals surface area contributed by atoms with Gasteiger partial charge < -0.3 is 15.2 Å². The molecule has 9 heteroatoms. The fourth-order valence-electron chi connectivity index (χ4n) is 2.55. The maximum Gasteiger partial charge on any atom is 0.239 e. The van der Waals surface area contributed by atoms with Crippen LogP contribution in [0.1, 0.15) is 32.6 Å². The molecule has 2 rings (SSSR count). The van der Waals surface area contributed by atoms with Gasteiger partial charge in [0.15, 0.2) is 11.0 Å². The molecule has 0 unspecified atom stereocenters. The number of amides is 2. The quantitative estimate of drug-likeness (QED) is 0.428. The van der Waals surface area contributed by atoms with Crippen LogP contribution < -0.4 is 10.6 Å². The standard InChI is InChI=1S/C19H26ClN5O2S/c1-3-4-5-6-11-25-18(14-7-9-15(20)10-8-14)23-24-19(25)28-13-17(27)22-12-16(26)21-2/h7-10H,3-6,11-13H2,1-2H3,(H,21,26)(H,22,27). The fraction of sp³-hybridized carbons (Fsp3) is 0.474. The molecule has 0 radical (unpaired) electrons. The third kappa shape index (κ3) is 6.83. The lowest BCUT2D eigenvalue weighted by Gasteiger charge is -2.10. The number of aromatic nitrogens is 3. The lowest BCUT2D eigenvalue weighted by Crippen LogP contribution is -2.36. The Morgan fingerprint density at radius 1 is 1.11 bits per heavy atom. The number of carbonyl (C=O) groups is 2. The topological polar surface area (TPSA) is 88.9 Å². The molecule has 2 aromatic rings. The number of carbonyl (C=O) groups excluding carboxylic acids is 2. The zero-order chi connectivity index (χ0) is 20.4. The molecule has 1 heterocycles. The first-order chi connectivity index (χ1) is 13.5. The van der Waals surface area contributed by atoms with Crippen LogP contribution in [0.25, 0.3) is 11.4 Å². The van der Waals surface area contributed by atoms with Crippen LogP contribution in [-0.4, -0.2) is 45.9 Å². The van der Waals surface area contributed by atoms with Crippen LogP contribution in [-0.2, 0) is 16.1 Å². The first-order valence-electron chi connectivity index (χ1n) is 9.34. The van der Waals surface area contributed by atoms with E-state index in [1.165, 1.54) is 31.7 Å². The van der Waals surface area contributed by atoms with Crippen LogP contribution in [0.5, 0.6) is 0 Å². The number of likely N-dealkylation sites (N-methyl/N-ethyl adjacent to an activating group) is 1. The van der Waals surface area contributed by atoms with Crippen molar-refractivity contribution in [1.82, 2.24) is 25.4 Å². The van der Waals surface area contributed by atoms with E-state index in [4.69, 9.17) is 11.6 Å². The monoisotopic (exact) mass is 423 g/mol. The smallest absolute Gasteiger partial charge is 0.239 e. The maximum atomic E-state index is 12.0. The van der Waals surface area contributed by atoms with Gasteiger partial charge in [-0.2, -0.15) is 0 Å². The average molecular weight is 424 g/mol. The van der Waals surface area contributed by atoms with Crippen molar-refractivity contribution in [2.24, 2.45) is 0 Å². The summed E-state index contributed by atoms with van der Waals surface area (Å²) in [4.78, 5) is 23.2. The van der Waals surface area contributed by atoms with Crippen molar-refractivity contribution in [3.05, 3.63) is 29.3 Å². The van der Waals surface area contributed by atoms with Gasteiger partial charge in [-0.15, -0.1) is 10.2 Å². The summed E-state index contributed by atoms with van der Waals surface area (Å²) < 4.78 is 2.05. The molecule has 0 saturated heterocycles. The number of unbranched alkanes of at least 4 members (excludes halogenated alkanes) is 3. The molecule has 0 aliphatic carbocycles. The van der Waals surface area contributed by atoms with Crippen molar-refractivity contribution in [3.63, 3.8) is 0 Å². The van der Waals surface area contributed by atoms with Crippen molar-refractivity contribution < 1.29 is 9.59 Å². The van der Waals surface area contributed by atoms with Gasteiger partial charge in [0, 0.05) is 24.2 Å².